The van der Waals surface area contributed by atoms with Gasteiger partial charge in [0.1, 0.15) is 0 Å². The molecule has 0 spiro atoms. The molecule has 0 amide bonds. The summed E-state index contributed by atoms with van der Waals surface area (Å²) in [6.45, 7) is 3.47. The molecule has 1 heterocycles. The van der Waals surface area contributed by atoms with Crippen LogP contribution in [0.25, 0.3) is 0 Å². The van der Waals surface area contributed by atoms with Gasteiger partial charge < -0.3 is 14.9 Å². The maximum absolute atomic E-state index is 11.4. The molecule has 2 N–H and O–H groups in total. The van der Waals surface area contributed by atoms with Gasteiger partial charge in [-0.3, -0.25) is 9.69 Å². The summed E-state index contributed by atoms with van der Waals surface area (Å²) in [5.41, 5.74) is -0.0923. The third kappa shape index (κ3) is 3.41. The number of carboxylic acids is 1. The van der Waals surface area contributed by atoms with Gasteiger partial charge in [-0.05, 0) is 32.4 Å². The molecule has 116 valence electrons. The van der Waals surface area contributed by atoms with Crippen molar-refractivity contribution >= 4 is 17.6 Å². The van der Waals surface area contributed by atoms with Crippen molar-refractivity contribution < 1.29 is 19.7 Å². The number of nitrogens with zero attached hydrogens (tertiary/aromatic N) is 1. The maximum Gasteiger partial charge on any atom is 0.310 e. The minimum absolute atomic E-state index is 0.0597. The summed E-state index contributed by atoms with van der Waals surface area (Å²) < 4.78 is 5.09. The lowest BCUT2D eigenvalue weighted by Gasteiger charge is -2.37. The van der Waals surface area contributed by atoms with Crippen molar-refractivity contribution in [2.75, 3.05) is 20.2 Å². The predicted molar refractivity (Wildman–Crippen MR) is 79.9 cm³/mol. The topological polar surface area (TPSA) is 70.0 Å². The van der Waals surface area contributed by atoms with Crippen molar-refractivity contribution in [1.29, 1.82) is 0 Å². The second-order valence-corrected chi connectivity index (χ2v) is 6.23. The summed E-state index contributed by atoms with van der Waals surface area (Å²) >= 11 is 6.02. The Balaban J connectivity index is 2.18. The van der Waals surface area contributed by atoms with Crippen molar-refractivity contribution in [3.8, 4) is 11.5 Å². The number of likely N-dealkylation sites (tertiary alicyclic amines) is 1. The number of piperidine rings is 1. The van der Waals surface area contributed by atoms with Gasteiger partial charge in [-0.1, -0.05) is 11.6 Å². The minimum atomic E-state index is -0.778. The van der Waals surface area contributed by atoms with Crippen LogP contribution in [0.4, 0.5) is 0 Å². The average Bonchev–Trinajstić information content (AvgIpc) is 2.42. The summed E-state index contributed by atoms with van der Waals surface area (Å²) in [5.74, 6) is -0.389. The maximum atomic E-state index is 11.4. The Labute approximate surface area is 129 Å². The van der Waals surface area contributed by atoms with Crippen molar-refractivity contribution in [2.24, 2.45) is 5.41 Å². The van der Waals surface area contributed by atoms with E-state index in [0.717, 1.165) is 13.0 Å². The fourth-order valence-electron chi connectivity index (χ4n) is 2.80. The third-order valence-electron chi connectivity index (χ3n) is 4.02. The Morgan fingerprint density at radius 1 is 1.52 bits per heavy atom. The molecule has 1 aromatic carbocycles. The molecule has 5 nitrogen and oxygen atoms in total. The summed E-state index contributed by atoms with van der Waals surface area (Å²) in [4.78, 5) is 13.4. The van der Waals surface area contributed by atoms with Crippen LogP contribution in [0, 0.1) is 5.41 Å². The number of hydrogen-bond acceptors (Lipinski definition) is 4. The molecule has 0 saturated carbocycles. The minimum Gasteiger partial charge on any atom is -0.504 e. The van der Waals surface area contributed by atoms with Crippen molar-refractivity contribution in [2.45, 2.75) is 26.3 Å². The third-order valence-corrected chi connectivity index (χ3v) is 4.24. The molecule has 2 rings (SSSR count). The summed E-state index contributed by atoms with van der Waals surface area (Å²) in [6.07, 6.45) is 1.49. The smallest absolute Gasteiger partial charge is 0.310 e. The van der Waals surface area contributed by atoms with Crippen LogP contribution in [-0.2, 0) is 11.3 Å². The summed E-state index contributed by atoms with van der Waals surface area (Å²) in [7, 11) is 1.47. The van der Waals surface area contributed by atoms with Crippen molar-refractivity contribution in [1.82, 2.24) is 4.90 Å². The largest absolute Gasteiger partial charge is 0.504 e. The second-order valence-electron chi connectivity index (χ2n) is 5.80. The number of aliphatic carboxylic acids is 1. The van der Waals surface area contributed by atoms with Crippen LogP contribution in [0.2, 0.25) is 5.02 Å². The van der Waals surface area contributed by atoms with Gasteiger partial charge in [0.2, 0.25) is 0 Å². The number of halogens is 1. The zero-order valence-electron chi connectivity index (χ0n) is 12.2. The molecule has 1 fully saturated rings. The SMILES string of the molecule is COc1cc(Cl)cc(CN2CCCC(C)(C(=O)O)C2)c1O. The van der Waals surface area contributed by atoms with Gasteiger partial charge in [-0.15, -0.1) is 0 Å². The van der Waals surface area contributed by atoms with Gasteiger partial charge in [0.05, 0.1) is 12.5 Å². The fourth-order valence-corrected chi connectivity index (χ4v) is 3.03. The van der Waals surface area contributed by atoms with Gasteiger partial charge >= 0.3 is 5.97 Å². The highest BCUT2D eigenvalue weighted by Crippen LogP contribution is 2.36. The van der Waals surface area contributed by atoms with E-state index in [1.165, 1.54) is 7.11 Å². The number of methoxy groups -OCH3 is 1. The molecular weight excluding hydrogens is 294 g/mol. The highest BCUT2D eigenvalue weighted by molar-refractivity contribution is 6.30. The quantitative estimate of drug-likeness (QED) is 0.894. The Kier molecular flexibility index (Phi) is 4.64. The molecule has 0 radical (unpaired) electrons. The molecule has 0 aromatic heterocycles. The molecule has 1 aliphatic rings. The molecule has 21 heavy (non-hydrogen) atoms. The molecule has 6 heteroatoms. The van der Waals surface area contributed by atoms with Gasteiger partial charge in [0.15, 0.2) is 11.5 Å². The number of phenols is 1. The van der Waals surface area contributed by atoms with Gasteiger partial charge in [-0.2, -0.15) is 0 Å². The highest BCUT2D eigenvalue weighted by atomic mass is 35.5. The Bertz CT molecular complexity index is 549. The van der Waals surface area contributed by atoms with E-state index >= 15 is 0 Å². The van der Waals surface area contributed by atoms with E-state index < -0.39 is 11.4 Å². The van der Waals surface area contributed by atoms with E-state index in [0.29, 0.717) is 35.8 Å². The van der Waals surface area contributed by atoms with E-state index in [2.05, 4.69) is 0 Å². The van der Waals surface area contributed by atoms with Gasteiger partial charge in [-0.25, -0.2) is 0 Å². The monoisotopic (exact) mass is 313 g/mol. The standard InChI is InChI=1S/C15H20ClNO4/c1-15(14(19)20)4-3-5-17(9-15)8-10-6-11(16)7-12(21-2)13(10)18/h6-7,18H,3-5,8-9H2,1-2H3,(H,19,20). The Morgan fingerprint density at radius 3 is 2.86 bits per heavy atom. The number of hydrogen-bond donors (Lipinski definition) is 2. The first-order chi connectivity index (χ1) is 9.85. The number of aromatic hydroxyl groups is 1. The average molecular weight is 314 g/mol. The van der Waals surface area contributed by atoms with E-state index in [1.807, 2.05) is 4.90 Å². The molecule has 1 aliphatic heterocycles. The zero-order chi connectivity index (χ0) is 15.6. The van der Waals surface area contributed by atoms with Crippen LogP contribution in [0.5, 0.6) is 11.5 Å². The lowest BCUT2D eigenvalue weighted by molar-refractivity contribution is -0.151. The van der Waals surface area contributed by atoms with Crippen LogP contribution in [-0.4, -0.2) is 41.3 Å². The number of carbonyl (C=O) groups is 1. The van der Waals surface area contributed by atoms with Gasteiger partial charge in [0, 0.05) is 29.7 Å². The van der Waals surface area contributed by atoms with Gasteiger partial charge in [0.25, 0.3) is 0 Å². The molecule has 1 atom stereocenters. The number of rotatable bonds is 4. The molecule has 0 bridgehead atoms. The predicted octanol–water partition coefficient (Wildman–Crippen LogP) is 2.74. The zero-order valence-corrected chi connectivity index (χ0v) is 13.0. The van der Waals surface area contributed by atoms with E-state index in [9.17, 15) is 15.0 Å². The molecule has 0 aliphatic carbocycles. The summed E-state index contributed by atoms with van der Waals surface area (Å²) in [5, 5.41) is 20.0. The number of carboxylic acid groups (broad SMARTS) is 1. The van der Waals surface area contributed by atoms with E-state index in [-0.39, 0.29) is 5.75 Å². The first-order valence-corrected chi connectivity index (χ1v) is 7.24. The molecule has 1 aromatic rings. The molecule has 1 unspecified atom stereocenters. The first kappa shape index (κ1) is 15.9. The second kappa shape index (κ2) is 6.12. The number of benzene rings is 1. The van der Waals surface area contributed by atoms with Crippen LogP contribution in [0.1, 0.15) is 25.3 Å². The Hall–Kier alpha value is -1.46. The van der Waals surface area contributed by atoms with Crippen LogP contribution in [0.3, 0.4) is 0 Å². The number of ether oxygens (including phenoxy) is 1. The Morgan fingerprint density at radius 2 is 2.24 bits per heavy atom. The van der Waals surface area contributed by atoms with E-state index in [1.54, 1.807) is 19.1 Å². The molecule has 1 saturated heterocycles. The van der Waals surface area contributed by atoms with E-state index in [4.69, 9.17) is 16.3 Å². The van der Waals surface area contributed by atoms with Crippen LogP contribution < -0.4 is 4.74 Å². The molecular formula is C15H20ClNO4. The van der Waals surface area contributed by atoms with Crippen molar-refractivity contribution in [3.63, 3.8) is 0 Å². The normalized spacial score (nSPS) is 23.0. The summed E-state index contributed by atoms with van der Waals surface area (Å²) in [6, 6.07) is 3.24. The van der Waals surface area contributed by atoms with Crippen molar-refractivity contribution in [3.05, 3.63) is 22.7 Å². The highest BCUT2D eigenvalue weighted by Gasteiger charge is 2.37. The van der Waals surface area contributed by atoms with Crippen LogP contribution in [0.15, 0.2) is 12.1 Å². The lowest BCUT2D eigenvalue weighted by atomic mass is 9.82. The number of phenolic OH excluding ortho intramolecular Hbond substituents is 1. The fraction of sp³-hybridized carbons (Fsp3) is 0.533. The lowest BCUT2D eigenvalue weighted by Crippen LogP contribution is -2.45. The van der Waals surface area contributed by atoms with Crippen LogP contribution >= 0.6 is 11.6 Å². The first-order valence-electron chi connectivity index (χ1n) is 6.87.